The van der Waals surface area contributed by atoms with E-state index in [0.717, 1.165) is 27.7 Å². The summed E-state index contributed by atoms with van der Waals surface area (Å²) in [6.45, 7) is 8.10. The summed E-state index contributed by atoms with van der Waals surface area (Å²) in [7, 11) is 1.38. The van der Waals surface area contributed by atoms with Crippen molar-refractivity contribution in [3.8, 4) is 11.4 Å². The maximum absolute atomic E-state index is 11.5. The number of methoxy groups -OCH3 is 1. The normalized spacial score (nSPS) is 11.7. The van der Waals surface area contributed by atoms with Crippen LogP contribution in [-0.4, -0.2) is 33.2 Å². The molecule has 1 heterocycles. The van der Waals surface area contributed by atoms with Gasteiger partial charge in [0.2, 0.25) is 0 Å². The van der Waals surface area contributed by atoms with Crippen LogP contribution in [0.3, 0.4) is 0 Å². The number of carbonyl (C=O) groups excluding carboxylic acids is 1. The van der Waals surface area contributed by atoms with Gasteiger partial charge in [0.05, 0.1) is 7.11 Å². The molecule has 0 saturated heterocycles. The van der Waals surface area contributed by atoms with E-state index < -0.39 is 0 Å². The number of aryl methyl sites for hydroxylation is 2. The lowest BCUT2D eigenvalue weighted by molar-refractivity contribution is -0.140. The molecule has 3 rings (SSSR count). The van der Waals surface area contributed by atoms with Gasteiger partial charge < -0.3 is 9.84 Å². The van der Waals surface area contributed by atoms with E-state index in [0.29, 0.717) is 12.1 Å². The Bertz CT molecular complexity index is 1000. The van der Waals surface area contributed by atoms with Gasteiger partial charge in [-0.1, -0.05) is 32.9 Å². The number of nitrogens with zero attached hydrogens (tertiary/aromatic N) is 3. The standard InChI is InChI=1S/C21H25N3O3/c1-13-6-8-16-17(10-13)23-24(22-16)18-12-14(7-9-19(25)27-5)11-15(20(18)26)21(2,3)4/h6,8,10-12,26H,7,9H2,1-5H3. The number of phenolic OH excluding ortho intramolecular Hbond substituents is 1. The van der Waals surface area contributed by atoms with Crippen molar-refractivity contribution in [1.82, 2.24) is 15.0 Å². The summed E-state index contributed by atoms with van der Waals surface area (Å²) in [5.41, 5.74) is 4.58. The molecule has 0 atom stereocenters. The number of carbonyl (C=O) groups is 1. The summed E-state index contributed by atoms with van der Waals surface area (Å²) < 4.78 is 4.74. The molecule has 1 N–H and O–H groups in total. The Balaban J connectivity index is 2.12. The molecule has 0 aliphatic carbocycles. The maximum atomic E-state index is 11.5. The number of rotatable bonds is 4. The Labute approximate surface area is 158 Å². The first-order valence-corrected chi connectivity index (χ1v) is 8.96. The third-order valence-electron chi connectivity index (χ3n) is 4.55. The Morgan fingerprint density at radius 2 is 1.85 bits per heavy atom. The fourth-order valence-corrected chi connectivity index (χ4v) is 3.03. The minimum atomic E-state index is -0.275. The molecular weight excluding hydrogens is 342 g/mol. The van der Waals surface area contributed by atoms with E-state index in [1.807, 2.05) is 58.0 Å². The lowest BCUT2D eigenvalue weighted by atomic mass is 9.84. The molecule has 0 saturated carbocycles. The Morgan fingerprint density at radius 3 is 2.52 bits per heavy atom. The number of aromatic nitrogens is 3. The molecule has 0 radical (unpaired) electrons. The van der Waals surface area contributed by atoms with Gasteiger partial charge in [0, 0.05) is 12.0 Å². The van der Waals surface area contributed by atoms with Crippen LogP contribution in [0.4, 0.5) is 0 Å². The van der Waals surface area contributed by atoms with E-state index in [1.165, 1.54) is 11.9 Å². The summed E-state index contributed by atoms with van der Waals surface area (Å²) in [5, 5.41) is 20.0. The van der Waals surface area contributed by atoms with Crippen LogP contribution >= 0.6 is 0 Å². The number of hydrogen-bond donors (Lipinski definition) is 1. The van der Waals surface area contributed by atoms with Crippen molar-refractivity contribution in [3.63, 3.8) is 0 Å². The molecule has 6 heteroatoms. The summed E-state index contributed by atoms with van der Waals surface area (Å²) in [4.78, 5) is 13.0. The van der Waals surface area contributed by atoms with Crippen molar-refractivity contribution in [3.05, 3.63) is 47.0 Å². The molecule has 0 fully saturated rings. The fourth-order valence-electron chi connectivity index (χ4n) is 3.03. The first kappa shape index (κ1) is 18.9. The smallest absolute Gasteiger partial charge is 0.305 e. The van der Waals surface area contributed by atoms with Gasteiger partial charge >= 0.3 is 5.97 Å². The number of aromatic hydroxyl groups is 1. The Morgan fingerprint density at radius 1 is 1.15 bits per heavy atom. The second kappa shape index (κ2) is 7.02. The number of fused-ring (bicyclic) bond motifs is 1. The zero-order valence-electron chi connectivity index (χ0n) is 16.4. The van der Waals surface area contributed by atoms with Crippen molar-refractivity contribution >= 4 is 17.0 Å². The van der Waals surface area contributed by atoms with E-state index >= 15 is 0 Å². The molecule has 0 unspecified atom stereocenters. The van der Waals surface area contributed by atoms with E-state index in [1.54, 1.807) is 0 Å². The number of benzene rings is 2. The highest BCUT2D eigenvalue weighted by molar-refractivity contribution is 5.75. The van der Waals surface area contributed by atoms with E-state index in [-0.39, 0.29) is 23.6 Å². The predicted octanol–water partition coefficient (Wildman–Crippen LogP) is 3.84. The fraction of sp³-hybridized carbons (Fsp3) is 0.381. The van der Waals surface area contributed by atoms with Gasteiger partial charge in [0.15, 0.2) is 0 Å². The molecule has 0 spiro atoms. The van der Waals surface area contributed by atoms with E-state index in [4.69, 9.17) is 4.74 Å². The van der Waals surface area contributed by atoms with Crippen LogP contribution in [0.2, 0.25) is 0 Å². The largest absolute Gasteiger partial charge is 0.505 e. The van der Waals surface area contributed by atoms with Crippen molar-refractivity contribution in [1.29, 1.82) is 0 Å². The van der Waals surface area contributed by atoms with Gasteiger partial charge in [-0.2, -0.15) is 0 Å². The van der Waals surface area contributed by atoms with Gasteiger partial charge in [-0.25, -0.2) is 0 Å². The molecule has 27 heavy (non-hydrogen) atoms. The number of hydrogen-bond acceptors (Lipinski definition) is 5. The van der Waals surface area contributed by atoms with Crippen LogP contribution in [0.1, 0.15) is 43.9 Å². The average molecular weight is 367 g/mol. The zero-order chi connectivity index (χ0) is 19.8. The summed E-state index contributed by atoms with van der Waals surface area (Å²) in [6.07, 6.45) is 0.793. The van der Waals surface area contributed by atoms with Crippen LogP contribution in [0.15, 0.2) is 30.3 Å². The minimum Gasteiger partial charge on any atom is -0.505 e. The molecule has 0 aliphatic heterocycles. The van der Waals surface area contributed by atoms with Gasteiger partial charge in [-0.05, 0) is 48.1 Å². The summed E-state index contributed by atoms with van der Waals surface area (Å²) in [5.74, 6) is -0.110. The number of phenols is 1. The average Bonchev–Trinajstić information content (AvgIpc) is 3.02. The third-order valence-corrected chi connectivity index (χ3v) is 4.55. The van der Waals surface area contributed by atoms with Crippen molar-refractivity contribution in [2.75, 3.05) is 7.11 Å². The zero-order valence-corrected chi connectivity index (χ0v) is 16.4. The molecule has 1 aromatic heterocycles. The van der Waals surface area contributed by atoms with Crippen molar-refractivity contribution in [2.45, 2.75) is 46.0 Å². The van der Waals surface area contributed by atoms with Gasteiger partial charge in [-0.3, -0.25) is 4.79 Å². The van der Waals surface area contributed by atoms with Crippen LogP contribution in [-0.2, 0) is 21.4 Å². The Kier molecular flexibility index (Phi) is 4.91. The van der Waals surface area contributed by atoms with Crippen LogP contribution in [0, 0.1) is 6.92 Å². The van der Waals surface area contributed by atoms with Crippen LogP contribution in [0.5, 0.6) is 5.75 Å². The highest BCUT2D eigenvalue weighted by Crippen LogP contribution is 2.36. The van der Waals surface area contributed by atoms with E-state index in [9.17, 15) is 9.90 Å². The number of esters is 1. The van der Waals surface area contributed by atoms with Crippen LogP contribution < -0.4 is 0 Å². The third kappa shape index (κ3) is 3.94. The highest BCUT2D eigenvalue weighted by Gasteiger charge is 2.23. The second-order valence-electron chi connectivity index (χ2n) is 7.82. The first-order chi connectivity index (χ1) is 12.7. The minimum absolute atomic E-state index is 0.154. The lowest BCUT2D eigenvalue weighted by Gasteiger charge is -2.23. The molecule has 142 valence electrons. The molecule has 2 aromatic carbocycles. The monoisotopic (exact) mass is 367 g/mol. The van der Waals surface area contributed by atoms with E-state index in [2.05, 4.69) is 10.2 Å². The number of ether oxygens (including phenoxy) is 1. The van der Waals surface area contributed by atoms with Crippen molar-refractivity contribution < 1.29 is 14.6 Å². The molecule has 6 nitrogen and oxygen atoms in total. The quantitative estimate of drug-likeness (QED) is 0.709. The highest BCUT2D eigenvalue weighted by atomic mass is 16.5. The molecular formula is C21H25N3O3. The summed E-state index contributed by atoms with van der Waals surface area (Å²) in [6, 6.07) is 9.63. The SMILES string of the molecule is COC(=O)CCc1cc(-n2nc3ccc(C)cc3n2)c(O)c(C(C)(C)C)c1. The first-order valence-electron chi connectivity index (χ1n) is 8.96. The molecule has 0 amide bonds. The van der Waals surface area contributed by atoms with Crippen molar-refractivity contribution in [2.24, 2.45) is 0 Å². The van der Waals surface area contributed by atoms with Gasteiger partial charge in [-0.15, -0.1) is 15.0 Å². The topological polar surface area (TPSA) is 77.2 Å². The van der Waals surface area contributed by atoms with Gasteiger partial charge in [0.25, 0.3) is 0 Å². The Hall–Kier alpha value is -2.89. The molecule has 0 aliphatic rings. The maximum Gasteiger partial charge on any atom is 0.305 e. The van der Waals surface area contributed by atoms with Crippen LogP contribution in [0.25, 0.3) is 16.7 Å². The predicted molar refractivity (Wildman–Crippen MR) is 104 cm³/mol. The molecule has 3 aromatic rings. The molecule has 0 bridgehead atoms. The second-order valence-corrected chi connectivity index (χ2v) is 7.82. The lowest BCUT2D eigenvalue weighted by Crippen LogP contribution is -2.14. The van der Waals surface area contributed by atoms with Gasteiger partial charge in [0.1, 0.15) is 22.5 Å². The summed E-state index contributed by atoms with van der Waals surface area (Å²) >= 11 is 0.